The van der Waals surface area contributed by atoms with Crippen LogP contribution in [0.3, 0.4) is 0 Å². The minimum atomic E-state index is -3.41. The second kappa shape index (κ2) is 15.5. The molecular weight excluding hydrogens is 687 g/mol. The number of esters is 1. The zero-order valence-corrected chi connectivity index (χ0v) is 30.2. The molecule has 0 atom stereocenters. The largest absolute Gasteiger partial charge is 0.477 e. The molecule has 5 aromatic rings. The molecule has 53 heavy (non-hydrogen) atoms. The smallest absolute Gasteiger partial charge is 0.314 e. The van der Waals surface area contributed by atoms with Crippen LogP contribution in [-0.4, -0.2) is 37.5 Å². The van der Waals surface area contributed by atoms with Gasteiger partial charge >= 0.3 is 5.97 Å². The van der Waals surface area contributed by atoms with Gasteiger partial charge in [0.2, 0.25) is 11.5 Å². The van der Waals surface area contributed by atoms with Gasteiger partial charge in [0.25, 0.3) is 0 Å². The maximum atomic E-state index is 13.5. The first-order chi connectivity index (χ1) is 25.7. The van der Waals surface area contributed by atoms with Gasteiger partial charge < -0.3 is 13.9 Å². The molecule has 9 heteroatoms. The first kappa shape index (κ1) is 35.7. The first-order valence-corrected chi connectivity index (χ1v) is 19.8. The summed E-state index contributed by atoms with van der Waals surface area (Å²) in [6.45, 7) is 0. The molecule has 1 heterocycles. The normalized spacial score (nSPS) is 21.3. The van der Waals surface area contributed by atoms with Crippen LogP contribution in [0, 0.1) is 41.4 Å². The molecule has 1 aromatic heterocycles. The number of benzene rings is 4. The van der Waals surface area contributed by atoms with Gasteiger partial charge in [-0.3, -0.25) is 9.59 Å². The Kier molecular flexibility index (Phi) is 10.5. The van der Waals surface area contributed by atoms with E-state index in [9.17, 15) is 18.0 Å². The number of rotatable bonds is 7. The lowest BCUT2D eigenvalue weighted by Crippen LogP contribution is -2.41. The van der Waals surface area contributed by atoms with Crippen LogP contribution in [0.2, 0.25) is 0 Å². The van der Waals surface area contributed by atoms with E-state index in [-0.39, 0.29) is 45.8 Å². The van der Waals surface area contributed by atoms with Crippen molar-refractivity contribution >= 4 is 33.2 Å². The summed E-state index contributed by atoms with van der Waals surface area (Å²) in [7, 11) is -3.41. The number of sulfone groups is 1. The number of hydrogen-bond donors (Lipinski definition) is 0. The SMILES string of the molecule is CS(=O)(=O)c1ccc(-c2nc3c(OC4(C=O)CCC(C#Cc5ccccc5)CC4)ccc(OC(=O)C4CCC(C#Cc5ccccc5)CC4)c3o2)cc1. The number of oxazole rings is 1. The van der Waals surface area contributed by atoms with E-state index in [4.69, 9.17) is 18.9 Å². The highest BCUT2D eigenvalue weighted by atomic mass is 32.2. The summed E-state index contributed by atoms with van der Waals surface area (Å²) < 4.78 is 42.9. The molecule has 2 fully saturated rings. The molecule has 0 spiro atoms. The number of carbonyl (C=O) groups excluding carboxylic acids is 2. The number of aldehydes is 1. The van der Waals surface area contributed by atoms with E-state index in [0.717, 1.165) is 36.5 Å². The van der Waals surface area contributed by atoms with Gasteiger partial charge in [-0.15, -0.1) is 0 Å². The Bertz CT molecular complexity index is 2330. The van der Waals surface area contributed by atoms with Crippen molar-refractivity contribution < 1.29 is 31.9 Å². The molecule has 268 valence electrons. The van der Waals surface area contributed by atoms with Crippen LogP contribution >= 0.6 is 0 Å². The predicted octanol–water partition coefficient (Wildman–Crippen LogP) is 8.22. The van der Waals surface area contributed by atoms with Crippen molar-refractivity contribution in [3.8, 4) is 46.6 Å². The molecule has 0 saturated heterocycles. The third-order valence-electron chi connectivity index (χ3n) is 10.0. The molecule has 4 aromatic carbocycles. The van der Waals surface area contributed by atoms with Crippen molar-refractivity contribution in [1.29, 1.82) is 0 Å². The molecule has 0 amide bonds. The highest BCUT2D eigenvalue weighted by Gasteiger charge is 2.38. The lowest BCUT2D eigenvalue weighted by atomic mass is 9.79. The molecule has 0 radical (unpaired) electrons. The highest BCUT2D eigenvalue weighted by molar-refractivity contribution is 7.90. The van der Waals surface area contributed by atoms with Gasteiger partial charge in [0, 0.05) is 34.8 Å². The van der Waals surface area contributed by atoms with Crippen LogP contribution < -0.4 is 9.47 Å². The molecule has 0 unspecified atom stereocenters. The molecule has 2 aliphatic carbocycles. The van der Waals surface area contributed by atoms with Crippen LogP contribution in [0.1, 0.15) is 62.5 Å². The van der Waals surface area contributed by atoms with Crippen LogP contribution in [0.25, 0.3) is 22.6 Å². The molecule has 2 aliphatic rings. The zero-order valence-electron chi connectivity index (χ0n) is 29.4. The molecule has 0 aliphatic heterocycles. The summed E-state index contributed by atoms with van der Waals surface area (Å²) in [5, 5.41) is 0. The maximum Gasteiger partial charge on any atom is 0.314 e. The van der Waals surface area contributed by atoms with E-state index >= 15 is 0 Å². The summed E-state index contributed by atoms with van der Waals surface area (Å²) in [5.41, 5.74) is 1.85. The molecule has 2 saturated carbocycles. The summed E-state index contributed by atoms with van der Waals surface area (Å²) in [6, 6.07) is 29.1. The third-order valence-corrected chi connectivity index (χ3v) is 11.1. The zero-order chi connectivity index (χ0) is 36.8. The monoisotopic (exact) mass is 725 g/mol. The van der Waals surface area contributed by atoms with Crippen molar-refractivity contribution in [2.75, 3.05) is 6.26 Å². The lowest BCUT2D eigenvalue weighted by Gasteiger charge is -2.34. The average Bonchev–Trinajstić information content (AvgIpc) is 3.65. The van der Waals surface area contributed by atoms with Crippen LogP contribution in [-0.2, 0) is 19.4 Å². The Morgan fingerprint density at radius 3 is 1.91 bits per heavy atom. The van der Waals surface area contributed by atoms with E-state index in [0.29, 0.717) is 55.4 Å². The Labute approximate surface area is 309 Å². The summed E-state index contributed by atoms with van der Waals surface area (Å²) in [5.74, 6) is 13.6. The van der Waals surface area contributed by atoms with Gasteiger partial charge in [-0.2, -0.15) is 0 Å². The standard InChI is InChI=1S/C44H39NO7S/c1-53(48,49)37-22-20-35(21-23-37)42-45-40-38(52-44(30-46)28-26-34(27-29-44)15-13-32-10-6-3-7-11-32)24-25-39(41(40)51-42)50-43(47)36-18-16-33(17-19-36)14-12-31-8-4-2-5-9-31/h2-11,20-25,30,33-34,36H,16-19,26-29H2,1H3. The van der Waals surface area contributed by atoms with Gasteiger partial charge in [0.15, 0.2) is 38.7 Å². The number of ether oxygens (including phenoxy) is 2. The van der Waals surface area contributed by atoms with E-state index < -0.39 is 15.4 Å². The van der Waals surface area contributed by atoms with Gasteiger partial charge in [0.05, 0.1) is 10.8 Å². The summed E-state index contributed by atoms with van der Waals surface area (Å²) >= 11 is 0. The van der Waals surface area contributed by atoms with Crippen molar-refractivity contribution in [1.82, 2.24) is 4.98 Å². The highest BCUT2D eigenvalue weighted by Crippen LogP contribution is 2.41. The fourth-order valence-electron chi connectivity index (χ4n) is 6.88. The van der Waals surface area contributed by atoms with Crippen molar-refractivity contribution in [2.45, 2.75) is 61.9 Å². The quantitative estimate of drug-likeness (QED) is 0.0714. The van der Waals surface area contributed by atoms with Crippen molar-refractivity contribution in [2.24, 2.45) is 17.8 Å². The molecule has 7 rings (SSSR count). The molecule has 0 bridgehead atoms. The van der Waals surface area contributed by atoms with E-state index in [1.54, 1.807) is 24.3 Å². The molecule has 0 N–H and O–H groups in total. The summed E-state index contributed by atoms with van der Waals surface area (Å²) in [4.78, 5) is 31.0. The van der Waals surface area contributed by atoms with Crippen LogP contribution in [0.15, 0.2) is 106 Å². The summed E-state index contributed by atoms with van der Waals surface area (Å²) in [6.07, 6.45) is 7.23. The van der Waals surface area contributed by atoms with Crippen LogP contribution in [0.5, 0.6) is 11.5 Å². The number of hydrogen-bond acceptors (Lipinski definition) is 8. The van der Waals surface area contributed by atoms with E-state index in [2.05, 4.69) is 23.7 Å². The maximum absolute atomic E-state index is 13.5. The van der Waals surface area contributed by atoms with E-state index in [1.165, 1.54) is 12.1 Å². The van der Waals surface area contributed by atoms with Crippen LogP contribution in [0.4, 0.5) is 0 Å². The average molecular weight is 726 g/mol. The Morgan fingerprint density at radius 1 is 0.774 bits per heavy atom. The Balaban J connectivity index is 1.11. The van der Waals surface area contributed by atoms with Gasteiger partial charge in [-0.25, -0.2) is 13.4 Å². The predicted molar refractivity (Wildman–Crippen MR) is 202 cm³/mol. The number of carbonyl (C=O) groups is 2. The second-order valence-electron chi connectivity index (χ2n) is 13.9. The Hall–Kier alpha value is -5.64. The topological polar surface area (TPSA) is 113 Å². The lowest BCUT2D eigenvalue weighted by molar-refractivity contribution is -0.140. The molecular formula is C44H39NO7S. The van der Waals surface area contributed by atoms with Crippen molar-refractivity contribution in [3.63, 3.8) is 0 Å². The molecule has 8 nitrogen and oxygen atoms in total. The third kappa shape index (κ3) is 8.54. The van der Waals surface area contributed by atoms with Gasteiger partial charge in [-0.05, 0) is 112 Å². The first-order valence-electron chi connectivity index (χ1n) is 17.9. The second-order valence-corrected chi connectivity index (χ2v) is 15.9. The fourth-order valence-corrected chi connectivity index (χ4v) is 7.51. The minimum Gasteiger partial charge on any atom is -0.477 e. The number of nitrogens with zero attached hydrogens (tertiary/aromatic N) is 1. The Morgan fingerprint density at radius 2 is 1.34 bits per heavy atom. The van der Waals surface area contributed by atoms with E-state index in [1.807, 2.05) is 60.7 Å². The van der Waals surface area contributed by atoms with Gasteiger partial charge in [0.1, 0.15) is 0 Å². The minimum absolute atomic E-state index is 0.133. The van der Waals surface area contributed by atoms with Gasteiger partial charge in [-0.1, -0.05) is 60.1 Å². The van der Waals surface area contributed by atoms with Crippen molar-refractivity contribution in [3.05, 3.63) is 108 Å². The fraction of sp³-hybridized carbons (Fsp3) is 0.295. The number of fused-ring (bicyclic) bond motifs is 1. The number of aromatic nitrogens is 1.